The molecule has 0 amide bonds. The first-order valence-electron chi connectivity index (χ1n) is 7.07. The van der Waals surface area contributed by atoms with Gasteiger partial charge >= 0.3 is 0 Å². The molecule has 3 atom stereocenters. The van der Waals surface area contributed by atoms with Gasteiger partial charge in [0.05, 0.1) is 4.88 Å². The number of nitrogens with zero attached hydrogens (tertiary/aromatic N) is 1. The molecule has 2 fully saturated rings. The predicted octanol–water partition coefficient (Wildman–Crippen LogP) is 3.82. The van der Waals surface area contributed by atoms with Crippen molar-refractivity contribution < 1.29 is 5.11 Å². The second-order valence-electron chi connectivity index (χ2n) is 6.18. The van der Waals surface area contributed by atoms with E-state index in [0.717, 1.165) is 34.3 Å². The van der Waals surface area contributed by atoms with Crippen molar-refractivity contribution in [3.63, 3.8) is 0 Å². The lowest BCUT2D eigenvalue weighted by atomic mass is 9.89. The fourth-order valence-corrected chi connectivity index (χ4v) is 4.49. The summed E-state index contributed by atoms with van der Waals surface area (Å²) in [6.45, 7) is 5.21. The zero-order chi connectivity index (χ0) is 12.7. The second-order valence-corrected chi connectivity index (χ2v) is 7.21. The average Bonchev–Trinajstić information content (AvgIpc) is 3.00. The van der Waals surface area contributed by atoms with Crippen LogP contribution in [0.1, 0.15) is 50.3 Å². The first kappa shape index (κ1) is 12.3. The van der Waals surface area contributed by atoms with E-state index >= 15 is 0 Å². The molecular weight excluding hydrogens is 244 g/mol. The number of aromatic nitrogens is 1. The largest absolute Gasteiger partial charge is 0.492 e. The van der Waals surface area contributed by atoms with Crippen molar-refractivity contribution in [2.24, 2.45) is 17.8 Å². The maximum atomic E-state index is 9.76. The molecule has 2 aliphatic rings. The summed E-state index contributed by atoms with van der Waals surface area (Å²) in [7, 11) is 0. The van der Waals surface area contributed by atoms with E-state index in [1.54, 1.807) is 11.3 Å². The molecule has 2 bridgehead atoms. The Labute approximate surface area is 113 Å². The lowest BCUT2D eigenvalue weighted by Crippen LogP contribution is -2.19. The first-order chi connectivity index (χ1) is 8.63. The Bertz CT molecular complexity index is 429. The van der Waals surface area contributed by atoms with Crippen molar-refractivity contribution in [2.75, 3.05) is 11.9 Å². The molecule has 0 radical (unpaired) electrons. The van der Waals surface area contributed by atoms with Gasteiger partial charge in [-0.25, -0.2) is 0 Å². The molecule has 100 valence electrons. The van der Waals surface area contributed by atoms with E-state index in [1.807, 2.05) is 0 Å². The van der Waals surface area contributed by atoms with Gasteiger partial charge in [-0.05, 0) is 42.9 Å². The molecule has 2 saturated carbocycles. The number of nitrogens with one attached hydrogen (secondary N) is 1. The topological polar surface area (TPSA) is 45.2 Å². The van der Waals surface area contributed by atoms with Gasteiger partial charge in [-0.3, -0.25) is 0 Å². The molecule has 1 aromatic rings. The number of aromatic hydroxyl groups is 1. The monoisotopic (exact) mass is 266 g/mol. The number of rotatable bonds is 4. The molecule has 0 saturated heterocycles. The van der Waals surface area contributed by atoms with Crippen molar-refractivity contribution in [3.05, 3.63) is 4.88 Å². The third kappa shape index (κ3) is 2.22. The van der Waals surface area contributed by atoms with Crippen LogP contribution in [0.3, 0.4) is 0 Å². The fraction of sp³-hybridized carbons (Fsp3) is 0.786. The number of fused-ring (bicyclic) bond motifs is 2. The van der Waals surface area contributed by atoms with Crippen LogP contribution in [-0.4, -0.2) is 16.6 Å². The van der Waals surface area contributed by atoms with Crippen molar-refractivity contribution in [3.8, 4) is 5.88 Å². The molecular formula is C14H22N2OS. The van der Waals surface area contributed by atoms with E-state index in [4.69, 9.17) is 0 Å². The van der Waals surface area contributed by atoms with E-state index in [1.165, 1.54) is 25.7 Å². The third-order valence-corrected chi connectivity index (χ3v) is 5.86. The summed E-state index contributed by atoms with van der Waals surface area (Å²) in [4.78, 5) is 5.21. The standard InChI is InChI=1S/C14H22N2OS/c1-8(2)12-13(17)16-14(18-12)15-7-11-6-9-3-4-10(11)5-9/h8-11,17H,3-7H2,1-2H3,(H,15,16)/t9-,10+,11?/m1/s1. The van der Waals surface area contributed by atoms with Crippen LogP contribution in [-0.2, 0) is 0 Å². The van der Waals surface area contributed by atoms with Crippen LogP contribution in [0.4, 0.5) is 5.13 Å². The summed E-state index contributed by atoms with van der Waals surface area (Å²) in [5, 5.41) is 14.1. The van der Waals surface area contributed by atoms with Crippen LogP contribution in [0, 0.1) is 17.8 Å². The van der Waals surface area contributed by atoms with E-state index in [9.17, 15) is 5.11 Å². The first-order valence-corrected chi connectivity index (χ1v) is 7.88. The number of hydrogen-bond acceptors (Lipinski definition) is 4. The molecule has 18 heavy (non-hydrogen) atoms. The minimum atomic E-state index is 0.213. The molecule has 3 rings (SSSR count). The second kappa shape index (κ2) is 4.72. The van der Waals surface area contributed by atoms with Gasteiger partial charge in [0, 0.05) is 6.54 Å². The van der Waals surface area contributed by atoms with Gasteiger partial charge < -0.3 is 10.4 Å². The van der Waals surface area contributed by atoms with Crippen molar-refractivity contribution in [2.45, 2.75) is 45.4 Å². The minimum absolute atomic E-state index is 0.213. The predicted molar refractivity (Wildman–Crippen MR) is 75.3 cm³/mol. The molecule has 2 aliphatic carbocycles. The zero-order valence-electron chi connectivity index (χ0n) is 11.1. The highest BCUT2D eigenvalue weighted by Gasteiger charge is 2.39. The Hall–Kier alpha value is -0.770. The average molecular weight is 266 g/mol. The zero-order valence-corrected chi connectivity index (χ0v) is 12.0. The summed E-state index contributed by atoms with van der Waals surface area (Å²) < 4.78 is 0. The summed E-state index contributed by atoms with van der Waals surface area (Å²) in [5.41, 5.74) is 0. The molecule has 2 N–H and O–H groups in total. The Balaban J connectivity index is 1.58. The van der Waals surface area contributed by atoms with Gasteiger partial charge in [-0.2, -0.15) is 4.98 Å². The maximum Gasteiger partial charge on any atom is 0.227 e. The maximum absolute atomic E-state index is 9.76. The van der Waals surface area contributed by atoms with Crippen LogP contribution in [0.25, 0.3) is 0 Å². The fourth-order valence-electron chi connectivity index (χ4n) is 3.62. The molecule has 1 aromatic heterocycles. The van der Waals surface area contributed by atoms with Gasteiger partial charge in [-0.1, -0.05) is 31.6 Å². The molecule has 0 aliphatic heterocycles. The summed E-state index contributed by atoms with van der Waals surface area (Å²) in [5.74, 6) is 3.33. The molecule has 3 nitrogen and oxygen atoms in total. The van der Waals surface area contributed by atoms with Gasteiger partial charge in [0.1, 0.15) is 0 Å². The van der Waals surface area contributed by atoms with Crippen LogP contribution < -0.4 is 5.32 Å². The summed E-state index contributed by atoms with van der Waals surface area (Å²) in [6.07, 6.45) is 5.73. The molecule has 1 unspecified atom stereocenters. The van der Waals surface area contributed by atoms with Crippen LogP contribution >= 0.6 is 11.3 Å². The Kier molecular flexibility index (Phi) is 3.22. The highest BCUT2D eigenvalue weighted by Crippen LogP contribution is 2.48. The Morgan fingerprint density at radius 3 is 2.78 bits per heavy atom. The van der Waals surface area contributed by atoms with E-state index in [2.05, 4.69) is 24.1 Å². The van der Waals surface area contributed by atoms with Crippen molar-refractivity contribution in [1.29, 1.82) is 0 Å². The minimum Gasteiger partial charge on any atom is -0.492 e. The van der Waals surface area contributed by atoms with E-state index in [0.29, 0.717) is 5.92 Å². The Morgan fingerprint density at radius 2 is 2.22 bits per heavy atom. The van der Waals surface area contributed by atoms with Gasteiger partial charge in [-0.15, -0.1) is 0 Å². The smallest absolute Gasteiger partial charge is 0.227 e. The van der Waals surface area contributed by atoms with E-state index < -0.39 is 0 Å². The summed E-state index contributed by atoms with van der Waals surface area (Å²) in [6, 6.07) is 0. The normalized spacial score (nSPS) is 30.3. The van der Waals surface area contributed by atoms with Crippen molar-refractivity contribution in [1.82, 2.24) is 4.98 Å². The quantitative estimate of drug-likeness (QED) is 0.870. The SMILES string of the molecule is CC(C)c1sc(NCC2C[C@@H]3CC[C@H]2C3)nc1O. The Morgan fingerprint density at radius 1 is 1.39 bits per heavy atom. The molecule has 1 heterocycles. The number of anilines is 1. The third-order valence-electron chi connectivity index (χ3n) is 4.56. The number of hydrogen-bond donors (Lipinski definition) is 2. The van der Waals surface area contributed by atoms with Crippen LogP contribution in [0.5, 0.6) is 5.88 Å². The lowest BCUT2D eigenvalue weighted by molar-refractivity contribution is 0.348. The van der Waals surface area contributed by atoms with Gasteiger partial charge in [0.2, 0.25) is 5.88 Å². The van der Waals surface area contributed by atoms with E-state index in [-0.39, 0.29) is 5.88 Å². The summed E-state index contributed by atoms with van der Waals surface area (Å²) >= 11 is 1.60. The molecule has 0 aromatic carbocycles. The lowest BCUT2D eigenvalue weighted by Gasteiger charge is -2.21. The van der Waals surface area contributed by atoms with Crippen LogP contribution in [0.2, 0.25) is 0 Å². The van der Waals surface area contributed by atoms with Crippen LogP contribution in [0.15, 0.2) is 0 Å². The number of thiazole rings is 1. The highest BCUT2D eigenvalue weighted by molar-refractivity contribution is 7.16. The van der Waals surface area contributed by atoms with Gasteiger partial charge in [0.15, 0.2) is 5.13 Å². The molecule has 4 heteroatoms. The molecule has 0 spiro atoms. The highest BCUT2D eigenvalue weighted by atomic mass is 32.1. The van der Waals surface area contributed by atoms with Crippen molar-refractivity contribution >= 4 is 16.5 Å². The van der Waals surface area contributed by atoms with Gasteiger partial charge in [0.25, 0.3) is 0 Å².